The summed E-state index contributed by atoms with van der Waals surface area (Å²) < 4.78 is 13.8. The van der Waals surface area contributed by atoms with E-state index in [1.54, 1.807) is 18.3 Å². The van der Waals surface area contributed by atoms with Gasteiger partial charge in [0.05, 0.1) is 12.4 Å². The van der Waals surface area contributed by atoms with Crippen LogP contribution in [-0.4, -0.2) is 12.4 Å². The molecule has 0 aliphatic rings. The number of aryl methyl sites for hydroxylation is 2. The third kappa shape index (κ3) is 4.63. The Hall–Kier alpha value is -2.29. The molecule has 21 heavy (non-hydrogen) atoms. The standard InChI is InChI=1S/C18H19FN2/c1-3-4-15-9-10-17(18(19)11-15)13-21-20-12-16-7-5-14(2)6-8-16/h5-13H,3-4H2,1-2H3/b20-12+,21-13+. The highest BCUT2D eigenvalue weighted by Gasteiger charge is 2.00. The monoisotopic (exact) mass is 282 g/mol. The van der Waals surface area contributed by atoms with Crippen molar-refractivity contribution in [2.24, 2.45) is 10.2 Å². The van der Waals surface area contributed by atoms with Crippen LogP contribution in [0.2, 0.25) is 0 Å². The normalized spacial score (nSPS) is 11.6. The Morgan fingerprint density at radius 1 is 1.00 bits per heavy atom. The summed E-state index contributed by atoms with van der Waals surface area (Å²) >= 11 is 0. The van der Waals surface area contributed by atoms with Crippen LogP contribution < -0.4 is 0 Å². The molecule has 0 atom stereocenters. The predicted octanol–water partition coefficient (Wildman–Crippen LogP) is 4.54. The summed E-state index contributed by atoms with van der Waals surface area (Å²) in [7, 11) is 0. The summed E-state index contributed by atoms with van der Waals surface area (Å²) in [4.78, 5) is 0. The lowest BCUT2D eigenvalue weighted by Crippen LogP contribution is -1.91. The summed E-state index contributed by atoms with van der Waals surface area (Å²) in [5.41, 5.74) is 3.63. The van der Waals surface area contributed by atoms with Crippen molar-refractivity contribution in [2.45, 2.75) is 26.7 Å². The lowest BCUT2D eigenvalue weighted by Gasteiger charge is -2.00. The molecule has 0 saturated carbocycles. The van der Waals surface area contributed by atoms with Crippen molar-refractivity contribution in [3.63, 3.8) is 0 Å². The average molecular weight is 282 g/mol. The van der Waals surface area contributed by atoms with Gasteiger partial charge in [-0.05, 0) is 30.5 Å². The minimum absolute atomic E-state index is 0.254. The van der Waals surface area contributed by atoms with Crippen LogP contribution in [-0.2, 0) is 6.42 Å². The maximum Gasteiger partial charge on any atom is 0.132 e. The third-order valence-electron chi connectivity index (χ3n) is 3.15. The Kier molecular flexibility index (Phi) is 5.38. The van der Waals surface area contributed by atoms with Gasteiger partial charge in [0.2, 0.25) is 0 Å². The molecule has 108 valence electrons. The van der Waals surface area contributed by atoms with Gasteiger partial charge in [-0.15, -0.1) is 0 Å². The smallest absolute Gasteiger partial charge is 0.132 e. The van der Waals surface area contributed by atoms with Gasteiger partial charge in [-0.3, -0.25) is 0 Å². The van der Waals surface area contributed by atoms with Gasteiger partial charge in [0, 0.05) is 5.56 Å². The Labute approximate surface area is 125 Å². The van der Waals surface area contributed by atoms with E-state index in [4.69, 9.17) is 0 Å². The summed E-state index contributed by atoms with van der Waals surface area (Å²) in [6.07, 6.45) is 4.99. The lowest BCUT2D eigenvalue weighted by molar-refractivity contribution is 0.623. The van der Waals surface area contributed by atoms with E-state index in [0.717, 1.165) is 24.0 Å². The van der Waals surface area contributed by atoms with E-state index >= 15 is 0 Å². The van der Waals surface area contributed by atoms with Crippen molar-refractivity contribution in [1.82, 2.24) is 0 Å². The number of benzene rings is 2. The second-order valence-electron chi connectivity index (χ2n) is 5.01. The van der Waals surface area contributed by atoms with Gasteiger partial charge in [-0.25, -0.2) is 4.39 Å². The molecule has 0 amide bonds. The summed E-state index contributed by atoms with van der Waals surface area (Å²) in [6, 6.07) is 13.2. The van der Waals surface area contributed by atoms with E-state index < -0.39 is 0 Å². The maximum atomic E-state index is 13.8. The molecule has 2 aromatic carbocycles. The molecule has 0 aliphatic carbocycles. The highest BCUT2D eigenvalue weighted by atomic mass is 19.1. The number of rotatable bonds is 5. The quantitative estimate of drug-likeness (QED) is 0.568. The maximum absolute atomic E-state index is 13.8. The zero-order valence-electron chi connectivity index (χ0n) is 12.4. The first-order valence-corrected chi connectivity index (χ1v) is 7.10. The molecule has 0 saturated heterocycles. The molecule has 0 heterocycles. The van der Waals surface area contributed by atoms with Gasteiger partial charge in [0.25, 0.3) is 0 Å². The van der Waals surface area contributed by atoms with E-state index in [2.05, 4.69) is 17.1 Å². The van der Waals surface area contributed by atoms with Crippen molar-refractivity contribution in [3.05, 3.63) is 70.5 Å². The molecule has 0 bridgehead atoms. The Bertz CT molecular complexity index is 643. The molecular weight excluding hydrogens is 263 g/mol. The number of hydrogen-bond acceptors (Lipinski definition) is 2. The minimum Gasteiger partial charge on any atom is -0.206 e. The first-order valence-electron chi connectivity index (χ1n) is 7.10. The minimum atomic E-state index is -0.254. The van der Waals surface area contributed by atoms with Crippen molar-refractivity contribution in [2.75, 3.05) is 0 Å². The van der Waals surface area contributed by atoms with E-state index in [0.29, 0.717) is 5.56 Å². The van der Waals surface area contributed by atoms with Gasteiger partial charge in [-0.1, -0.05) is 55.3 Å². The number of hydrogen-bond donors (Lipinski definition) is 0. The highest BCUT2D eigenvalue weighted by molar-refractivity contribution is 5.82. The molecule has 2 aromatic rings. The number of nitrogens with zero attached hydrogens (tertiary/aromatic N) is 2. The van der Waals surface area contributed by atoms with Gasteiger partial charge in [0.15, 0.2) is 0 Å². The van der Waals surface area contributed by atoms with Crippen LogP contribution in [0.3, 0.4) is 0 Å². The van der Waals surface area contributed by atoms with E-state index in [9.17, 15) is 4.39 Å². The van der Waals surface area contributed by atoms with Crippen LogP contribution >= 0.6 is 0 Å². The first kappa shape index (κ1) is 15.1. The van der Waals surface area contributed by atoms with Gasteiger partial charge < -0.3 is 0 Å². The van der Waals surface area contributed by atoms with Crippen LogP contribution in [0, 0.1) is 12.7 Å². The molecule has 0 N–H and O–H groups in total. The van der Waals surface area contributed by atoms with Crippen LogP contribution in [0.1, 0.15) is 35.6 Å². The van der Waals surface area contributed by atoms with Gasteiger partial charge in [0.1, 0.15) is 5.82 Å². The Morgan fingerprint density at radius 3 is 2.38 bits per heavy atom. The average Bonchev–Trinajstić information content (AvgIpc) is 2.47. The Morgan fingerprint density at radius 2 is 1.71 bits per heavy atom. The lowest BCUT2D eigenvalue weighted by atomic mass is 10.1. The molecule has 0 spiro atoms. The molecular formula is C18H19FN2. The summed E-state index contributed by atoms with van der Waals surface area (Å²) in [5.74, 6) is -0.254. The second kappa shape index (κ2) is 7.48. The number of halogens is 1. The zero-order valence-corrected chi connectivity index (χ0v) is 12.4. The van der Waals surface area contributed by atoms with Crippen molar-refractivity contribution in [3.8, 4) is 0 Å². The summed E-state index contributed by atoms with van der Waals surface area (Å²) in [5, 5.41) is 7.84. The SMILES string of the molecule is CCCc1ccc(/C=N/N=C/c2ccc(C)cc2)c(F)c1. The predicted molar refractivity (Wildman–Crippen MR) is 86.8 cm³/mol. The molecule has 2 rings (SSSR count). The van der Waals surface area contributed by atoms with E-state index in [1.807, 2.05) is 37.3 Å². The van der Waals surface area contributed by atoms with E-state index in [-0.39, 0.29) is 5.82 Å². The van der Waals surface area contributed by atoms with Gasteiger partial charge in [-0.2, -0.15) is 10.2 Å². The fourth-order valence-corrected chi connectivity index (χ4v) is 1.97. The second-order valence-corrected chi connectivity index (χ2v) is 5.01. The molecule has 0 unspecified atom stereocenters. The van der Waals surface area contributed by atoms with Gasteiger partial charge >= 0.3 is 0 Å². The third-order valence-corrected chi connectivity index (χ3v) is 3.15. The van der Waals surface area contributed by atoms with Crippen LogP contribution in [0.25, 0.3) is 0 Å². The topological polar surface area (TPSA) is 24.7 Å². The zero-order chi connectivity index (χ0) is 15.1. The first-order chi connectivity index (χ1) is 10.2. The van der Waals surface area contributed by atoms with Crippen molar-refractivity contribution < 1.29 is 4.39 Å². The molecule has 0 aromatic heterocycles. The van der Waals surface area contributed by atoms with Crippen molar-refractivity contribution >= 4 is 12.4 Å². The largest absolute Gasteiger partial charge is 0.206 e. The summed E-state index contributed by atoms with van der Waals surface area (Å²) in [6.45, 7) is 4.11. The van der Waals surface area contributed by atoms with Crippen molar-refractivity contribution in [1.29, 1.82) is 0 Å². The molecule has 0 aliphatic heterocycles. The molecule has 0 fully saturated rings. The Balaban J connectivity index is 2.02. The highest BCUT2D eigenvalue weighted by Crippen LogP contribution is 2.10. The fourth-order valence-electron chi connectivity index (χ4n) is 1.97. The van der Waals surface area contributed by atoms with Crippen LogP contribution in [0.15, 0.2) is 52.7 Å². The van der Waals surface area contributed by atoms with Crippen LogP contribution in [0.5, 0.6) is 0 Å². The molecule has 3 heteroatoms. The van der Waals surface area contributed by atoms with Crippen LogP contribution in [0.4, 0.5) is 4.39 Å². The molecule has 0 radical (unpaired) electrons. The molecule has 2 nitrogen and oxygen atoms in total. The fraction of sp³-hybridized carbons (Fsp3) is 0.222. The van der Waals surface area contributed by atoms with E-state index in [1.165, 1.54) is 11.8 Å².